The molecule has 1 heterocycles. The second kappa shape index (κ2) is 6.24. The van der Waals surface area contributed by atoms with E-state index in [2.05, 4.69) is 10.3 Å². The Morgan fingerprint density at radius 2 is 2.25 bits per heavy atom. The molecule has 0 fully saturated rings. The van der Waals surface area contributed by atoms with Crippen LogP contribution in [0.25, 0.3) is 0 Å². The SMILES string of the molecule is COC(=O)c1sc(NC(C)c2cccc(Cl)c2)nc1C. The molecular weight excluding hydrogens is 296 g/mol. The van der Waals surface area contributed by atoms with E-state index >= 15 is 0 Å². The van der Waals surface area contributed by atoms with Gasteiger partial charge in [-0.15, -0.1) is 0 Å². The van der Waals surface area contributed by atoms with Gasteiger partial charge < -0.3 is 10.1 Å². The molecule has 1 N–H and O–H groups in total. The number of aryl methyl sites for hydroxylation is 1. The number of carbonyl (C=O) groups excluding carboxylic acids is 1. The first-order valence-corrected chi connectivity index (χ1v) is 7.28. The van der Waals surface area contributed by atoms with Crippen LogP contribution in [-0.2, 0) is 4.74 Å². The Kier molecular flexibility index (Phi) is 4.62. The van der Waals surface area contributed by atoms with E-state index in [1.54, 1.807) is 6.92 Å². The van der Waals surface area contributed by atoms with E-state index < -0.39 is 0 Å². The van der Waals surface area contributed by atoms with Crippen molar-refractivity contribution in [2.24, 2.45) is 0 Å². The molecule has 2 aromatic rings. The molecule has 20 heavy (non-hydrogen) atoms. The molecular formula is C14H15ClN2O2S. The van der Waals surface area contributed by atoms with E-state index in [0.29, 0.717) is 20.7 Å². The summed E-state index contributed by atoms with van der Waals surface area (Å²) in [5.41, 5.74) is 1.73. The molecule has 4 nitrogen and oxygen atoms in total. The Morgan fingerprint density at radius 1 is 1.50 bits per heavy atom. The van der Waals surface area contributed by atoms with Crippen LogP contribution < -0.4 is 5.32 Å². The number of methoxy groups -OCH3 is 1. The van der Waals surface area contributed by atoms with Gasteiger partial charge in [0.25, 0.3) is 0 Å². The van der Waals surface area contributed by atoms with Gasteiger partial charge in [-0.1, -0.05) is 35.1 Å². The van der Waals surface area contributed by atoms with Gasteiger partial charge in [-0.2, -0.15) is 0 Å². The number of rotatable bonds is 4. The summed E-state index contributed by atoms with van der Waals surface area (Å²) in [5.74, 6) is -0.358. The Hall–Kier alpha value is -1.59. The van der Waals surface area contributed by atoms with E-state index in [1.807, 2.05) is 31.2 Å². The lowest BCUT2D eigenvalue weighted by Gasteiger charge is -2.13. The summed E-state index contributed by atoms with van der Waals surface area (Å²) < 4.78 is 4.72. The van der Waals surface area contributed by atoms with Crippen LogP contribution in [0.5, 0.6) is 0 Å². The van der Waals surface area contributed by atoms with E-state index in [0.717, 1.165) is 5.56 Å². The summed E-state index contributed by atoms with van der Waals surface area (Å²) in [6.45, 7) is 3.80. The zero-order valence-electron chi connectivity index (χ0n) is 11.4. The van der Waals surface area contributed by atoms with Crippen molar-refractivity contribution in [2.45, 2.75) is 19.9 Å². The normalized spacial score (nSPS) is 12.0. The number of nitrogens with zero attached hydrogens (tertiary/aromatic N) is 1. The fraction of sp³-hybridized carbons (Fsp3) is 0.286. The first-order valence-electron chi connectivity index (χ1n) is 6.09. The minimum atomic E-state index is -0.358. The minimum absolute atomic E-state index is 0.0461. The second-order valence-corrected chi connectivity index (χ2v) is 5.78. The maximum absolute atomic E-state index is 11.6. The Morgan fingerprint density at radius 3 is 2.90 bits per heavy atom. The molecule has 1 atom stereocenters. The van der Waals surface area contributed by atoms with E-state index in [-0.39, 0.29) is 12.0 Å². The van der Waals surface area contributed by atoms with Crippen molar-refractivity contribution < 1.29 is 9.53 Å². The quantitative estimate of drug-likeness (QED) is 0.865. The number of hydrogen-bond donors (Lipinski definition) is 1. The van der Waals surface area contributed by atoms with Crippen LogP contribution in [0.15, 0.2) is 24.3 Å². The van der Waals surface area contributed by atoms with Crippen LogP contribution in [-0.4, -0.2) is 18.1 Å². The lowest BCUT2D eigenvalue weighted by molar-refractivity contribution is 0.0605. The van der Waals surface area contributed by atoms with Crippen LogP contribution in [0.2, 0.25) is 5.02 Å². The molecule has 0 aliphatic rings. The number of esters is 1. The number of benzene rings is 1. The van der Waals surface area contributed by atoms with Gasteiger partial charge in [-0.05, 0) is 31.5 Å². The molecule has 0 aliphatic heterocycles. The molecule has 0 aliphatic carbocycles. The molecule has 0 spiro atoms. The summed E-state index contributed by atoms with van der Waals surface area (Å²) in [7, 11) is 1.36. The van der Waals surface area contributed by atoms with E-state index in [4.69, 9.17) is 16.3 Å². The number of thiazole rings is 1. The van der Waals surface area contributed by atoms with E-state index in [1.165, 1.54) is 18.4 Å². The highest BCUT2D eigenvalue weighted by Crippen LogP contribution is 2.27. The smallest absolute Gasteiger partial charge is 0.350 e. The molecule has 0 radical (unpaired) electrons. The summed E-state index contributed by atoms with van der Waals surface area (Å²) in [4.78, 5) is 16.4. The van der Waals surface area contributed by atoms with E-state index in [9.17, 15) is 4.79 Å². The number of hydrogen-bond acceptors (Lipinski definition) is 5. The molecule has 0 saturated heterocycles. The Bertz CT molecular complexity index is 627. The van der Waals surface area contributed by atoms with Crippen LogP contribution in [0.3, 0.4) is 0 Å². The third-order valence-corrected chi connectivity index (χ3v) is 4.16. The predicted molar refractivity (Wildman–Crippen MR) is 81.7 cm³/mol. The fourth-order valence-corrected chi connectivity index (χ4v) is 2.96. The largest absolute Gasteiger partial charge is 0.465 e. The first-order chi connectivity index (χ1) is 9.51. The summed E-state index contributed by atoms with van der Waals surface area (Å²) in [6, 6.07) is 7.68. The van der Waals surface area contributed by atoms with Gasteiger partial charge in [0.15, 0.2) is 5.13 Å². The van der Waals surface area contributed by atoms with Gasteiger partial charge in [0.1, 0.15) is 4.88 Å². The highest BCUT2D eigenvalue weighted by Gasteiger charge is 2.17. The molecule has 0 amide bonds. The standard InChI is InChI=1S/C14H15ClN2O2S/c1-8(10-5-4-6-11(15)7-10)16-14-17-9(2)12(20-14)13(18)19-3/h4-8H,1-3H3,(H,16,17). The number of halogens is 1. The lowest BCUT2D eigenvalue weighted by atomic mass is 10.1. The van der Waals surface area contributed by atoms with Gasteiger partial charge >= 0.3 is 5.97 Å². The third kappa shape index (κ3) is 3.29. The van der Waals surface area contributed by atoms with Crippen LogP contribution in [0.1, 0.15) is 33.9 Å². The van der Waals surface area contributed by atoms with Crippen LogP contribution in [0, 0.1) is 6.92 Å². The van der Waals surface area contributed by atoms with Gasteiger partial charge in [0.05, 0.1) is 18.8 Å². The zero-order chi connectivity index (χ0) is 14.7. The third-order valence-electron chi connectivity index (χ3n) is 2.86. The number of carbonyl (C=O) groups is 1. The van der Waals surface area contributed by atoms with Crippen molar-refractivity contribution in [1.82, 2.24) is 4.98 Å². The fourth-order valence-electron chi connectivity index (χ4n) is 1.78. The first kappa shape index (κ1) is 14.8. The van der Waals surface area contributed by atoms with Crippen molar-refractivity contribution in [3.05, 3.63) is 45.4 Å². The van der Waals surface area contributed by atoms with Crippen molar-refractivity contribution in [3.63, 3.8) is 0 Å². The maximum Gasteiger partial charge on any atom is 0.350 e. The zero-order valence-corrected chi connectivity index (χ0v) is 13.0. The Labute approximate surface area is 126 Å². The van der Waals surface area contributed by atoms with Gasteiger partial charge in [-0.25, -0.2) is 9.78 Å². The predicted octanol–water partition coefficient (Wildman–Crippen LogP) is 4.06. The van der Waals surface area contributed by atoms with Gasteiger partial charge in [0.2, 0.25) is 0 Å². The monoisotopic (exact) mass is 310 g/mol. The molecule has 1 aromatic heterocycles. The number of aromatic nitrogens is 1. The molecule has 106 valence electrons. The minimum Gasteiger partial charge on any atom is -0.465 e. The van der Waals surface area contributed by atoms with Crippen molar-refractivity contribution in [2.75, 3.05) is 12.4 Å². The van der Waals surface area contributed by atoms with Crippen LogP contribution >= 0.6 is 22.9 Å². The summed E-state index contributed by atoms with van der Waals surface area (Å²) >= 11 is 7.27. The second-order valence-electron chi connectivity index (χ2n) is 4.35. The molecule has 1 unspecified atom stereocenters. The van der Waals surface area contributed by atoms with Gasteiger partial charge in [0, 0.05) is 5.02 Å². The summed E-state index contributed by atoms with van der Waals surface area (Å²) in [6.07, 6.45) is 0. The number of ether oxygens (including phenoxy) is 1. The van der Waals surface area contributed by atoms with Crippen molar-refractivity contribution >= 4 is 34.0 Å². The molecule has 0 saturated carbocycles. The summed E-state index contributed by atoms with van der Waals surface area (Å²) in [5, 5.41) is 4.65. The molecule has 1 aromatic carbocycles. The Balaban J connectivity index is 2.16. The van der Waals surface area contributed by atoms with Crippen molar-refractivity contribution in [3.8, 4) is 0 Å². The maximum atomic E-state index is 11.6. The topological polar surface area (TPSA) is 51.2 Å². The molecule has 2 rings (SSSR count). The average molecular weight is 311 g/mol. The highest BCUT2D eigenvalue weighted by atomic mass is 35.5. The van der Waals surface area contributed by atoms with Crippen LogP contribution in [0.4, 0.5) is 5.13 Å². The molecule has 0 bridgehead atoms. The molecule has 6 heteroatoms. The average Bonchev–Trinajstić information content (AvgIpc) is 2.78. The lowest BCUT2D eigenvalue weighted by Crippen LogP contribution is -2.06. The van der Waals surface area contributed by atoms with Crippen molar-refractivity contribution in [1.29, 1.82) is 0 Å². The highest BCUT2D eigenvalue weighted by molar-refractivity contribution is 7.17. The number of anilines is 1. The number of nitrogens with one attached hydrogen (secondary N) is 1. The van der Waals surface area contributed by atoms with Gasteiger partial charge in [-0.3, -0.25) is 0 Å².